The van der Waals surface area contributed by atoms with Crippen molar-refractivity contribution in [3.05, 3.63) is 34.3 Å². The van der Waals surface area contributed by atoms with E-state index < -0.39 is 5.97 Å². The first-order valence-electron chi connectivity index (χ1n) is 8.30. The van der Waals surface area contributed by atoms with Gasteiger partial charge in [-0.2, -0.15) is 0 Å². The lowest BCUT2D eigenvalue weighted by molar-refractivity contribution is -0.141. The number of aliphatic carboxylic acids is 1. The van der Waals surface area contributed by atoms with Gasteiger partial charge in [-0.15, -0.1) is 0 Å². The Kier molecular flexibility index (Phi) is 7.24. The summed E-state index contributed by atoms with van der Waals surface area (Å²) in [6.07, 6.45) is 1.73. The Hall–Kier alpha value is -1.40. The molecule has 0 spiro atoms. The largest absolute Gasteiger partial charge is 0.481 e. The van der Waals surface area contributed by atoms with Gasteiger partial charge in [0, 0.05) is 36.7 Å². The standard InChI is InChI=1S/C18H24BrNO4/c1-13(15-6-9-24-10-7-15)18(23)20(8-5-17(21)22)12-14-3-2-4-16(19)11-14/h2-4,11,13,15H,5-10,12H2,1H3,(H,21,22). The molecule has 132 valence electrons. The lowest BCUT2D eigenvalue weighted by atomic mass is 9.86. The lowest BCUT2D eigenvalue weighted by Crippen LogP contribution is -2.40. The van der Waals surface area contributed by atoms with Gasteiger partial charge in [-0.3, -0.25) is 9.59 Å². The molecule has 1 N–H and O–H groups in total. The van der Waals surface area contributed by atoms with E-state index in [1.165, 1.54) is 0 Å². The minimum Gasteiger partial charge on any atom is -0.481 e. The molecule has 1 aliphatic heterocycles. The number of benzene rings is 1. The molecule has 1 saturated heterocycles. The summed E-state index contributed by atoms with van der Waals surface area (Å²) in [6.45, 7) is 4.01. The van der Waals surface area contributed by atoms with Gasteiger partial charge in [-0.25, -0.2) is 0 Å². The number of carboxylic acid groups (broad SMARTS) is 1. The lowest BCUT2D eigenvalue weighted by Gasteiger charge is -2.31. The van der Waals surface area contributed by atoms with Crippen molar-refractivity contribution >= 4 is 27.8 Å². The summed E-state index contributed by atoms with van der Waals surface area (Å²) in [7, 11) is 0. The summed E-state index contributed by atoms with van der Waals surface area (Å²) in [5, 5.41) is 8.98. The van der Waals surface area contributed by atoms with Crippen molar-refractivity contribution < 1.29 is 19.4 Å². The monoisotopic (exact) mass is 397 g/mol. The number of amides is 1. The molecular weight excluding hydrogens is 374 g/mol. The third kappa shape index (κ3) is 5.60. The SMILES string of the molecule is CC(C(=O)N(CCC(=O)O)Cc1cccc(Br)c1)C1CCOCC1. The highest BCUT2D eigenvalue weighted by atomic mass is 79.9. The van der Waals surface area contributed by atoms with Crippen molar-refractivity contribution in [3.8, 4) is 0 Å². The smallest absolute Gasteiger partial charge is 0.305 e. The molecule has 0 saturated carbocycles. The molecule has 2 rings (SSSR count). The highest BCUT2D eigenvalue weighted by Crippen LogP contribution is 2.26. The average molecular weight is 398 g/mol. The molecule has 1 aromatic carbocycles. The molecule has 0 aromatic heterocycles. The van der Waals surface area contributed by atoms with Gasteiger partial charge in [0.15, 0.2) is 0 Å². The maximum atomic E-state index is 12.9. The van der Waals surface area contributed by atoms with E-state index >= 15 is 0 Å². The van der Waals surface area contributed by atoms with Crippen LogP contribution in [0.4, 0.5) is 0 Å². The summed E-state index contributed by atoms with van der Waals surface area (Å²) in [4.78, 5) is 25.5. The molecule has 5 nitrogen and oxygen atoms in total. The topological polar surface area (TPSA) is 66.8 Å². The Morgan fingerprint density at radius 1 is 1.38 bits per heavy atom. The molecule has 1 aromatic rings. The van der Waals surface area contributed by atoms with Crippen molar-refractivity contribution in [2.75, 3.05) is 19.8 Å². The van der Waals surface area contributed by atoms with Crippen LogP contribution in [0.25, 0.3) is 0 Å². The number of carboxylic acids is 1. The quantitative estimate of drug-likeness (QED) is 0.765. The van der Waals surface area contributed by atoms with Gasteiger partial charge in [-0.1, -0.05) is 35.0 Å². The van der Waals surface area contributed by atoms with Crippen molar-refractivity contribution in [3.63, 3.8) is 0 Å². The minimum absolute atomic E-state index is 0.0307. The van der Waals surface area contributed by atoms with Crippen LogP contribution >= 0.6 is 15.9 Å². The van der Waals surface area contributed by atoms with Crippen LogP contribution in [0.2, 0.25) is 0 Å². The molecule has 1 amide bonds. The van der Waals surface area contributed by atoms with Gasteiger partial charge in [0.25, 0.3) is 0 Å². The second-order valence-corrected chi connectivity index (χ2v) is 7.19. The maximum Gasteiger partial charge on any atom is 0.305 e. The predicted molar refractivity (Wildman–Crippen MR) is 94.5 cm³/mol. The molecule has 0 radical (unpaired) electrons. The molecule has 0 aliphatic carbocycles. The third-order valence-electron chi connectivity index (χ3n) is 4.53. The Morgan fingerprint density at radius 2 is 2.08 bits per heavy atom. The summed E-state index contributed by atoms with van der Waals surface area (Å²) in [6, 6.07) is 7.75. The van der Waals surface area contributed by atoms with E-state index in [-0.39, 0.29) is 24.8 Å². The number of carbonyl (C=O) groups is 2. The normalized spacial score (nSPS) is 16.6. The number of hydrogen-bond acceptors (Lipinski definition) is 3. The van der Waals surface area contributed by atoms with Crippen molar-refractivity contribution in [1.82, 2.24) is 4.90 Å². The van der Waals surface area contributed by atoms with Gasteiger partial charge in [0.2, 0.25) is 5.91 Å². The number of hydrogen-bond donors (Lipinski definition) is 1. The molecule has 1 heterocycles. The highest BCUT2D eigenvalue weighted by molar-refractivity contribution is 9.10. The van der Waals surface area contributed by atoms with Crippen LogP contribution in [0.1, 0.15) is 31.7 Å². The van der Waals surface area contributed by atoms with Gasteiger partial charge in [-0.05, 0) is 36.5 Å². The third-order valence-corrected chi connectivity index (χ3v) is 5.03. The van der Waals surface area contributed by atoms with Crippen molar-refractivity contribution in [2.45, 2.75) is 32.7 Å². The molecule has 6 heteroatoms. The molecule has 0 bridgehead atoms. The summed E-state index contributed by atoms with van der Waals surface area (Å²) >= 11 is 3.43. The first kappa shape index (κ1) is 18.9. The van der Waals surface area contributed by atoms with Crippen LogP contribution in [0, 0.1) is 11.8 Å². The van der Waals surface area contributed by atoms with Gasteiger partial charge >= 0.3 is 5.97 Å². The number of carbonyl (C=O) groups excluding carboxylic acids is 1. The average Bonchev–Trinajstić information content (AvgIpc) is 2.58. The Morgan fingerprint density at radius 3 is 2.71 bits per heavy atom. The zero-order valence-electron chi connectivity index (χ0n) is 13.9. The van der Waals surface area contributed by atoms with Gasteiger partial charge < -0.3 is 14.7 Å². The van der Waals surface area contributed by atoms with Crippen molar-refractivity contribution in [2.24, 2.45) is 11.8 Å². The number of ether oxygens (including phenoxy) is 1. The first-order valence-corrected chi connectivity index (χ1v) is 9.09. The van der Waals surface area contributed by atoms with E-state index in [4.69, 9.17) is 9.84 Å². The Balaban J connectivity index is 2.08. The summed E-state index contributed by atoms with van der Waals surface area (Å²) in [5.41, 5.74) is 0.988. The molecule has 1 atom stereocenters. The van der Waals surface area contributed by atoms with Crippen LogP contribution in [0.15, 0.2) is 28.7 Å². The predicted octanol–water partition coefficient (Wildman–Crippen LogP) is 3.32. The molecule has 1 unspecified atom stereocenters. The van der Waals surface area contributed by atoms with Gasteiger partial charge in [0.1, 0.15) is 0 Å². The van der Waals surface area contributed by atoms with E-state index in [2.05, 4.69) is 15.9 Å². The molecule has 24 heavy (non-hydrogen) atoms. The summed E-state index contributed by atoms with van der Waals surface area (Å²) in [5.74, 6) is -0.667. The molecule has 1 aliphatic rings. The molecular formula is C18H24BrNO4. The highest BCUT2D eigenvalue weighted by Gasteiger charge is 2.29. The van der Waals surface area contributed by atoms with E-state index in [1.54, 1.807) is 4.90 Å². The number of rotatable bonds is 7. The maximum absolute atomic E-state index is 12.9. The second-order valence-electron chi connectivity index (χ2n) is 6.27. The number of nitrogens with zero attached hydrogens (tertiary/aromatic N) is 1. The van der Waals surface area contributed by atoms with E-state index in [0.717, 1.165) is 22.9 Å². The van der Waals surface area contributed by atoms with E-state index in [0.29, 0.717) is 25.7 Å². The Bertz CT molecular complexity index is 572. The van der Waals surface area contributed by atoms with Crippen LogP contribution in [0.3, 0.4) is 0 Å². The van der Waals surface area contributed by atoms with Crippen LogP contribution in [-0.4, -0.2) is 41.6 Å². The Labute approximate surface area is 151 Å². The van der Waals surface area contributed by atoms with E-state index in [9.17, 15) is 9.59 Å². The van der Waals surface area contributed by atoms with Crippen LogP contribution < -0.4 is 0 Å². The minimum atomic E-state index is -0.888. The molecule has 1 fully saturated rings. The van der Waals surface area contributed by atoms with E-state index in [1.807, 2.05) is 31.2 Å². The second kappa shape index (κ2) is 9.18. The van der Waals surface area contributed by atoms with Crippen LogP contribution in [-0.2, 0) is 20.9 Å². The van der Waals surface area contributed by atoms with Gasteiger partial charge in [0.05, 0.1) is 6.42 Å². The van der Waals surface area contributed by atoms with Crippen LogP contribution in [0.5, 0.6) is 0 Å². The fourth-order valence-electron chi connectivity index (χ4n) is 3.06. The fourth-order valence-corrected chi connectivity index (χ4v) is 3.51. The zero-order chi connectivity index (χ0) is 17.5. The van der Waals surface area contributed by atoms with Crippen molar-refractivity contribution in [1.29, 1.82) is 0 Å². The zero-order valence-corrected chi connectivity index (χ0v) is 15.5. The first-order chi connectivity index (χ1) is 11.5. The number of halogens is 1. The fraction of sp³-hybridized carbons (Fsp3) is 0.556. The summed E-state index contributed by atoms with van der Waals surface area (Å²) < 4.78 is 6.32.